The van der Waals surface area contributed by atoms with Crippen molar-refractivity contribution >= 4 is 11.8 Å². The molecule has 0 spiro atoms. The van der Waals surface area contributed by atoms with Crippen LogP contribution in [0.1, 0.15) is 44.7 Å². The summed E-state index contributed by atoms with van der Waals surface area (Å²) in [5, 5.41) is 0. The van der Waals surface area contributed by atoms with E-state index in [0.717, 1.165) is 13.0 Å². The van der Waals surface area contributed by atoms with Gasteiger partial charge in [0, 0.05) is 23.5 Å². The Kier molecular flexibility index (Phi) is 5.94. The molecule has 1 aliphatic heterocycles. The zero-order chi connectivity index (χ0) is 14.5. The van der Waals surface area contributed by atoms with Crippen molar-refractivity contribution in [2.24, 2.45) is 11.7 Å². The molecule has 3 heteroatoms. The number of rotatable bonds is 4. The second kappa shape index (κ2) is 7.48. The average Bonchev–Trinajstić information content (AvgIpc) is 2.60. The first-order valence-corrected chi connectivity index (χ1v) is 8.98. The first-order chi connectivity index (χ1) is 9.61. The van der Waals surface area contributed by atoms with E-state index in [1.54, 1.807) is 11.8 Å². The van der Waals surface area contributed by atoms with Gasteiger partial charge in [-0.3, -0.25) is 4.90 Å². The summed E-state index contributed by atoms with van der Waals surface area (Å²) in [5.74, 6) is 0.688. The SMILES string of the molecule is CSc1ccc(C2C(N)CCCCN2CC(C)C)cc1. The molecule has 1 aromatic carbocycles. The molecule has 0 aromatic heterocycles. The van der Waals surface area contributed by atoms with Crippen molar-refractivity contribution in [1.82, 2.24) is 4.90 Å². The molecule has 2 rings (SSSR count). The molecular weight excluding hydrogens is 264 g/mol. The van der Waals surface area contributed by atoms with Crippen molar-refractivity contribution in [2.75, 3.05) is 19.3 Å². The lowest BCUT2D eigenvalue weighted by Gasteiger charge is -2.35. The van der Waals surface area contributed by atoms with Crippen LogP contribution in [0.15, 0.2) is 29.2 Å². The third-order valence-electron chi connectivity index (χ3n) is 4.09. The molecule has 1 saturated heterocycles. The number of hydrogen-bond donors (Lipinski definition) is 1. The molecule has 1 heterocycles. The molecule has 2 atom stereocenters. The predicted molar refractivity (Wildman–Crippen MR) is 89.2 cm³/mol. The van der Waals surface area contributed by atoms with Crippen molar-refractivity contribution in [3.8, 4) is 0 Å². The van der Waals surface area contributed by atoms with E-state index < -0.39 is 0 Å². The van der Waals surface area contributed by atoms with Gasteiger partial charge in [0.05, 0.1) is 0 Å². The summed E-state index contributed by atoms with van der Waals surface area (Å²) in [7, 11) is 0. The molecule has 1 aliphatic rings. The van der Waals surface area contributed by atoms with Gasteiger partial charge in [-0.15, -0.1) is 11.8 Å². The normalized spacial score (nSPS) is 24.9. The van der Waals surface area contributed by atoms with Crippen LogP contribution in [0.3, 0.4) is 0 Å². The topological polar surface area (TPSA) is 29.3 Å². The van der Waals surface area contributed by atoms with Crippen LogP contribution in [0.25, 0.3) is 0 Å². The van der Waals surface area contributed by atoms with E-state index in [9.17, 15) is 0 Å². The van der Waals surface area contributed by atoms with E-state index in [-0.39, 0.29) is 6.04 Å². The van der Waals surface area contributed by atoms with Crippen molar-refractivity contribution < 1.29 is 0 Å². The van der Waals surface area contributed by atoms with Gasteiger partial charge in [0.15, 0.2) is 0 Å². The second-order valence-electron chi connectivity index (χ2n) is 6.27. The molecule has 0 bridgehead atoms. The summed E-state index contributed by atoms with van der Waals surface area (Å²) >= 11 is 1.80. The van der Waals surface area contributed by atoms with E-state index in [0.29, 0.717) is 12.0 Å². The fourth-order valence-corrected chi connectivity index (χ4v) is 3.60. The van der Waals surface area contributed by atoms with Crippen LogP contribution in [0.5, 0.6) is 0 Å². The Morgan fingerprint density at radius 3 is 2.55 bits per heavy atom. The number of hydrogen-bond acceptors (Lipinski definition) is 3. The Bertz CT molecular complexity index is 402. The van der Waals surface area contributed by atoms with Gasteiger partial charge < -0.3 is 5.73 Å². The first kappa shape index (κ1) is 15.9. The highest BCUT2D eigenvalue weighted by molar-refractivity contribution is 7.98. The van der Waals surface area contributed by atoms with Gasteiger partial charge in [-0.05, 0) is 49.3 Å². The number of nitrogens with zero attached hydrogens (tertiary/aromatic N) is 1. The second-order valence-corrected chi connectivity index (χ2v) is 7.15. The van der Waals surface area contributed by atoms with E-state index in [2.05, 4.69) is 49.3 Å². The largest absolute Gasteiger partial charge is 0.326 e. The molecule has 0 amide bonds. The number of benzene rings is 1. The molecule has 20 heavy (non-hydrogen) atoms. The molecule has 112 valence electrons. The maximum atomic E-state index is 6.50. The van der Waals surface area contributed by atoms with E-state index in [1.807, 2.05) is 0 Å². The highest BCUT2D eigenvalue weighted by Crippen LogP contribution is 2.31. The molecule has 0 saturated carbocycles. The Morgan fingerprint density at radius 2 is 1.95 bits per heavy atom. The molecule has 1 fully saturated rings. The zero-order valence-electron chi connectivity index (χ0n) is 13.0. The highest BCUT2D eigenvalue weighted by Gasteiger charge is 2.28. The van der Waals surface area contributed by atoms with Crippen molar-refractivity contribution in [3.05, 3.63) is 29.8 Å². The van der Waals surface area contributed by atoms with Crippen molar-refractivity contribution in [1.29, 1.82) is 0 Å². The summed E-state index contributed by atoms with van der Waals surface area (Å²) in [5.41, 5.74) is 7.89. The smallest absolute Gasteiger partial charge is 0.0499 e. The van der Waals surface area contributed by atoms with Gasteiger partial charge in [0.2, 0.25) is 0 Å². The van der Waals surface area contributed by atoms with Gasteiger partial charge in [-0.25, -0.2) is 0 Å². The summed E-state index contributed by atoms with van der Waals surface area (Å²) in [6.45, 7) is 6.91. The average molecular weight is 292 g/mol. The van der Waals surface area contributed by atoms with Crippen LogP contribution in [0.2, 0.25) is 0 Å². The fraction of sp³-hybridized carbons (Fsp3) is 0.647. The minimum Gasteiger partial charge on any atom is -0.326 e. The first-order valence-electron chi connectivity index (χ1n) is 7.75. The van der Waals surface area contributed by atoms with Crippen LogP contribution in [-0.2, 0) is 0 Å². The van der Waals surface area contributed by atoms with Crippen LogP contribution in [-0.4, -0.2) is 30.3 Å². The van der Waals surface area contributed by atoms with E-state index >= 15 is 0 Å². The lowest BCUT2D eigenvalue weighted by Crippen LogP contribution is -2.41. The summed E-state index contributed by atoms with van der Waals surface area (Å²) < 4.78 is 0. The standard InChI is InChI=1S/C17H28N2S/c1-13(2)12-19-11-5-4-6-16(18)17(19)14-7-9-15(20-3)10-8-14/h7-10,13,16-17H,4-6,11-12,18H2,1-3H3. The maximum absolute atomic E-state index is 6.50. The third-order valence-corrected chi connectivity index (χ3v) is 4.83. The van der Waals surface area contributed by atoms with Crippen LogP contribution >= 0.6 is 11.8 Å². The summed E-state index contributed by atoms with van der Waals surface area (Å²) in [4.78, 5) is 3.93. The quantitative estimate of drug-likeness (QED) is 0.853. The molecule has 0 aliphatic carbocycles. The number of likely N-dealkylation sites (tertiary alicyclic amines) is 1. The van der Waals surface area contributed by atoms with Gasteiger partial charge in [0.1, 0.15) is 0 Å². The molecule has 2 N–H and O–H groups in total. The van der Waals surface area contributed by atoms with E-state index in [4.69, 9.17) is 5.73 Å². The summed E-state index contributed by atoms with van der Waals surface area (Å²) in [6.07, 6.45) is 5.80. The van der Waals surface area contributed by atoms with Crippen molar-refractivity contribution in [3.63, 3.8) is 0 Å². The molecule has 2 nitrogen and oxygen atoms in total. The highest BCUT2D eigenvalue weighted by atomic mass is 32.2. The Hall–Kier alpha value is -0.510. The van der Waals surface area contributed by atoms with Crippen LogP contribution in [0.4, 0.5) is 0 Å². The Morgan fingerprint density at radius 1 is 1.25 bits per heavy atom. The van der Waals surface area contributed by atoms with Gasteiger partial charge in [-0.1, -0.05) is 32.4 Å². The predicted octanol–water partition coefficient (Wildman–Crippen LogP) is 3.92. The Balaban J connectivity index is 2.24. The van der Waals surface area contributed by atoms with E-state index in [1.165, 1.54) is 29.8 Å². The lowest BCUT2D eigenvalue weighted by atomic mass is 9.96. The summed E-state index contributed by atoms with van der Waals surface area (Å²) in [6, 6.07) is 9.65. The van der Waals surface area contributed by atoms with Gasteiger partial charge in [0.25, 0.3) is 0 Å². The van der Waals surface area contributed by atoms with Gasteiger partial charge in [-0.2, -0.15) is 0 Å². The van der Waals surface area contributed by atoms with Crippen LogP contribution in [0, 0.1) is 5.92 Å². The maximum Gasteiger partial charge on any atom is 0.0499 e. The van der Waals surface area contributed by atoms with Crippen LogP contribution < -0.4 is 5.73 Å². The molecule has 2 unspecified atom stereocenters. The fourth-order valence-electron chi connectivity index (χ4n) is 3.20. The monoisotopic (exact) mass is 292 g/mol. The third kappa shape index (κ3) is 4.00. The van der Waals surface area contributed by atoms with Crippen molar-refractivity contribution in [2.45, 2.75) is 50.1 Å². The minimum absolute atomic E-state index is 0.261. The lowest BCUT2D eigenvalue weighted by molar-refractivity contribution is 0.165. The minimum atomic E-state index is 0.261. The molecule has 1 aromatic rings. The molecule has 0 radical (unpaired) electrons. The molecular formula is C17H28N2S. The zero-order valence-corrected chi connectivity index (χ0v) is 13.8. The van der Waals surface area contributed by atoms with Gasteiger partial charge >= 0.3 is 0 Å². The Labute approximate surface area is 128 Å². The number of thioether (sulfide) groups is 1. The number of nitrogens with two attached hydrogens (primary N) is 1.